The van der Waals surface area contributed by atoms with Crippen molar-refractivity contribution in [2.75, 3.05) is 51.3 Å². The summed E-state index contributed by atoms with van der Waals surface area (Å²) in [5.74, 6) is 1.16. The van der Waals surface area contributed by atoms with Crippen molar-refractivity contribution in [1.29, 1.82) is 0 Å². The highest BCUT2D eigenvalue weighted by Crippen LogP contribution is 2.30. The van der Waals surface area contributed by atoms with Crippen molar-refractivity contribution in [3.63, 3.8) is 0 Å². The number of amides is 2. The van der Waals surface area contributed by atoms with Crippen LogP contribution in [0.25, 0.3) is 0 Å². The zero-order valence-corrected chi connectivity index (χ0v) is 17.0. The van der Waals surface area contributed by atoms with Crippen LogP contribution in [-0.2, 0) is 16.0 Å². The van der Waals surface area contributed by atoms with Crippen molar-refractivity contribution in [2.24, 2.45) is 5.41 Å². The highest BCUT2D eigenvalue weighted by atomic mass is 16.5. The van der Waals surface area contributed by atoms with Gasteiger partial charge in [0.05, 0.1) is 13.7 Å². The fourth-order valence-corrected chi connectivity index (χ4v) is 3.82. The number of aryl methyl sites for hydroxylation is 1. The van der Waals surface area contributed by atoms with Gasteiger partial charge >= 0.3 is 0 Å². The van der Waals surface area contributed by atoms with E-state index in [0.717, 1.165) is 43.9 Å². The smallest absolute Gasteiger partial charge is 0.241 e. The van der Waals surface area contributed by atoms with Gasteiger partial charge in [-0.25, -0.2) is 0 Å². The maximum atomic E-state index is 12.9. The van der Waals surface area contributed by atoms with E-state index >= 15 is 0 Å². The molecule has 2 aliphatic heterocycles. The van der Waals surface area contributed by atoms with Crippen LogP contribution in [-0.4, -0.2) is 68.0 Å². The van der Waals surface area contributed by atoms with Crippen molar-refractivity contribution in [1.82, 2.24) is 9.80 Å². The third-order valence-corrected chi connectivity index (χ3v) is 5.37. The maximum absolute atomic E-state index is 12.9. The summed E-state index contributed by atoms with van der Waals surface area (Å²) in [6.07, 6.45) is 1.95. The van der Waals surface area contributed by atoms with Crippen LogP contribution in [0.4, 0.5) is 5.69 Å². The third-order valence-electron chi connectivity index (χ3n) is 5.37. The minimum Gasteiger partial charge on any atom is -0.497 e. The molecule has 0 aromatic heterocycles. The van der Waals surface area contributed by atoms with Gasteiger partial charge in [-0.15, -0.1) is 0 Å². The number of ether oxygens (including phenoxy) is 1. The molecule has 6 heteroatoms. The number of rotatable bonds is 3. The van der Waals surface area contributed by atoms with Crippen molar-refractivity contribution in [3.8, 4) is 5.75 Å². The number of fused-ring (bicyclic) bond motifs is 1. The molecule has 0 spiro atoms. The van der Waals surface area contributed by atoms with Crippen LogP contribution in [0.2, 0.25) is 0 Å². The number of hydrogen-bond acceptors (Lipinski definition) is 4. The van der Waals surface area contributed by atoms with Gasteiger partial charge in [0.25, 0.3) is 0 Å². The molecule has 1 fully saturated rings. The van der Waals surface area contributed by atoms with E-state index in [-0.39, 0.29) is 17.2 Å². The second-order valence-corrected chi connectivity index (χ2v) is 8.46. The zero-order chi connectivity index (χ0) is 19.6. The summed E-state index contributed by atoms with van der Waals surface area (Å²) in [5, 5.41) is 0. The summed E-state index contributed by atoms with van der Waals surface area (Å²) in [6, 6.07) is 5.94. The predicted molar refractivity (Wildman–Crippen MR) is 106 cm³/mol. The van der Waals surface area contributed by atoms with Crippen molar-refractivity contribution in [3.05, 3.63) is 23.8 Å². The Morgan fingerprint density at radius 1 is 1.07 bits per heavy atom. The molecule has 1 saturated heterocycles. The average Bonchev–Trinajstić information content (AvgIpc) is 2.66. The second-order valence-electron chi connectivity index (χ2n) is 8.46. The lowest BCUT2D eigenvalue weighted by molar-refractivity contribution is -0.141. The lowest BCUT2D eigenvalue weighted by atomic mass is 9.94. The zero-order valence-electron chi connectivity index (χ0n) is 17.0. The number of carbonyl (C=O) groups is 2. The molecule has 0 radical (unpaired) electrons. The summed E-state index contributed by atoms with van der Waals surface area (Å²) < 4.78 is 5.31. The van der Waals surface area contributed by atoms with E-state index in [0.29, 0.717) is 19.6 Å². The molecule has 0 saturated carbocycles. The monoisotopic (exact) mass is 373 g/mol. The van der Waals surface area contributed by atoms with Gasteiger partial charge in [0.1, 0.15) is 5.75 Å². The molecule has 1 aromatic carbocycles. The van der Waals surface area contributed by atoms with Crippen LogP contribution in [0.1, 0.15) is 32.8 Å². The molecule has 0 atom stereocenters. The Morgan fingerprint density at radius 3 is 2.41 bits per heavy atom. The van der Waals surface area contributed by atoms with Gasteiger partial charge in [-0.05, 0) is 36.6 Å². The van der Waals surface area contributed by atoms with E-state index in [1.807, 2.05) is 48.8 Å². The molecule has 0 unspecified atom stereocenters. The van der Waals surface area contributed by atoms with Gasteiger partial charge in [0.15, 0.2) is 0 Å². The summed E-state index contributed by atoms with van der Waals surface area (Å²) in [5.41, 5.74) is 1.83. The molecule has 0 N–H and O–H groups in total. The Hall–Kier alpha value is -2.08. The second kappa shape index (κ2) is 7.89. The Balaban J connectivity index is 1.59. The molecule has 2 heterocycles. The molecule has 3 rings (SSSR count). The number of anilines is 1. The van der Waals surface area contributed by atoms with Crippen molar-refractivity contribution >= 4 is 17.5 Å². The van der Waals surface area contributed by atoms with E-state index in [2.05, 4.69) is 4.90 Å². The Bertz CT molecular complexity index is 703. The van der Waals surface area contributed by atoms with Crippen molar-refractivity contribution in [2.45, 2.75) is 33.6 Å². The van der Waals surface area contributed by atoms with Gasteiger partial charge in [0.2, 0.25) is 11.8 Å². The minimum absolute atomic E-state index is 0.136. The largest absolute Gasteiger partial charge is 0.497 e. The standard InChI is InChI=1S/C21H31N3O3/c1-21(2,3)20(26)23-12-10-22(11-13-23)15-19(25)24-9-5-6-16-14-17(27-4)7-8-18(16)24/h7-8,14H,5-6,9-13,15H2,1-4H3. The first-order chi connectivity index (χ1) is 12.8. The molecular weight excluding hydrogens is 342 g/mol. The SMILES string of the molecule is COc1ccc2c(c1)CCCN2C(=O)CN1CCN(C(=O)C(C)(C)C)CC1. The number of methoxy groups -OCH3 is 1. The van der Waals surface area contributed by atoms with E-state index in [9.17, 15) is 9.59 Å². The van der Waals surface area contributed by atoms with Gasteiger partial charge in [-0.1, -0.05) is 20.8 Å². The lowest BCUT2D eigenvalue weighted by Gasteiger charge is -2.38. The summed E-state index contributed by atoms with van der Waals surface area (Å²) >= 11 is 0. The highest BCUT2D eigenvalue weighted by molar-refractivity contribution is 5.96. The van der Waals surface area contributed by atoms with E-state index in [4.69, 9.17) is 4.74 Å². The van der Waals surface area contributed by atoms with Crippen LogP contribution in [0.5, 0.6) is 5.75 Å². The lowest BCUT2D eigenvalue weighted by Crippen LogP contribution is -2.53. The predicted octanol–water partition coefficient (Wildman–Crippen LogP) is 2.16. The first-order valence-corrected chi connectivity index (χ1v) is 9.78. The van der Waals surface area contributed by atoms with Crippen molar-refractivity contribution < 1.29 is 14.3 Å². The average molecular weight is 373 g/mol. The number of piperazine rings is 1. The molecule has 6 nitrogen and oxygen atoms in total. The third kappa shape index (κ3) is 4.43. The van der Waals surface area contributed by atoms with E-state index in [1.165, 1.54) is 5.56 Å². The molecule has 2 aliphatic rings. The molecule has 0 bridgehead atoms. The fourth-order valence-electron chi connectivity index (χ4n) is 3.82. The van der Waals surface area contributed by atoms with Gasteiger partial charge in [0, 0.05) is 43.8 Å². The van der Waals surface area contributed by atoms with Crippen LogP contribution >= 0.6 is 0 Å². The number of carbonyl (C=O) groups excluding carboxylic acids is 2. The molecule has 0 aliphatic carbocycles. The quantitative estimate of drug-likeness (QED) is 0.815. The maximum Gasteiger partial charge on any atom is 0.241 e. The summed E-state index contributed by atoms with van der Waals surface area (Å²) in [4.78, 5) is 31.3. The first kappa shape index (κ1) is 19.7. The Morgan fingerprint density at radius 2 is 1.78 bits per heavy atom. The van der Waals surface area contributed by atoms with Crippen LogP contribution in [0.3, 0.4) is 0 Å². The highest BCUT2D eigenvalue weighted by Gasteiger charge is 2.31. The first-order valence-electron chi connectivity index (χ1n) is 9.78. The van der Waals surface area contributed by atoms with Crippen LogP contribution in [0, 0.1) is 5.41 Å². The van der Waals surface area contributed by atoms with Gasteiger partial charge in [-0.2, -0.15) is 0 Å². The molecule has 1 aromatic rings. The van der Waals surface area contributed by atoms with Gasteiger partial charge in [-0.3, -0.25) is 14.5 Å². The number of hydrogen-bond donors (Lipinski definition) is 0. The van der Waals surface area contributed by atoms with E-state index < -0.39 is 0 Å². The Kier molecular flexibility index (Phi) is 5.75. The van der Waals surface area contributed by atoms with Crippen LogP contribution < -0.4 is 9.64 Å². The number of nitrogens with zero attached hydrogens (tertiary/aromatic N) is 3. The summed E-state index contributed by atoms with van der Waals surface area (Å²) in [7, 11) is 1.66. The molecule has 27 heavy (non-hydrogen) atoms. The number of benzene rings is 1. The van der Waals surface area contributed by atoms with Gasteiger partial charge < -0.3 is 14.5 Å². The molecular formula is C21H31N3O3. The van der Waals surface area contributed by atoms with Crippen LogP contribution in [0.15, 0.2) is 18.2 Å². The normalized spacial score (nSPS) is 18.2. The topological polar surface area (TPSA) is 53.1 Å². The molecule has 148 valence electrons. The Labute approximate surface area is 162 Å². The van der Waals surface area contributed by atoms with E-state index in [1.54, 1.807) is 7.11 Å². The molecule has 2 amide bonds. The fraction of sp³-hybridized carbons (Fsp3) is 0.619. The minimum atomic E-state index is -0.351. The summed E-state index contributed by atoms with van der Waals surface area (Å²) in [6.45, 7) is 9.90.